The summed E-state index contributed by atoms with van der Waals surface area (Å²) in [5.41, 5.74) is 2.89. The molecule has 0 bridgehead atoms. The highest BCUT2D eigenvalue weighted by Gasteiger charge is 2.37. The summed E-state index contributed by atoms with van der Waals surface area (Å²) in [5.74, 6) is 0. The summed E-state index contributed by atoms with van der Waals surface area (Å²) in [6.45, 7) is 10.9. The number of nitrogens with zero attached hydrogens (tertiary/aromatic N) is 2. The molecule has 114 valence electrons. The van der Waals surface area contributed by atoms with Crippen LogP contribution in [0.1, 0.15) is 57.8 Å². The zero-order valence-corrected chi connectivity index (χ0v) is 14.9. The average Bonchev–Trinajstić information content (AvgIpc) is 2.97. The molecule has 1 fully saturated rings. The van der Waals surface area contributed by atoms with Crippen molar-refractivity contribution in [1.29, 1.82) is 0 Å². The molecule has 1 aliphatic carbocycles. The Kier molecular flexibility index (Phi) is 5.30. The Morgan fingerprint density at radius 3 is 2.55 bits per heavy atom. The summed E-state index contributed by atoms with van der Waals surface area (Å²) >= 11 is 3.74. The monoisotopic (exact) mass is 341 g/mol. The maximum atomic E-state index is 4.63. The highest BCUT2D eigenvalue weighted by Crippen LogP contribution is 2.42. The van der Waals surface area contributed by atoms with Gasteiger partial charge >= 0.3 is 0 Å². The van der Waals surface area contributed by atoms with Gasteiger partial charge in [-0.15, -0.1) is 0 Å². The van der Waals surface area contributed by atoms with Gasteiger partial charge in [-0.05, 0) is 54.6 Å². The van der Waals surface area contributed by atoms with Gasteiger partial charge in [-0.2, -0.15) is 5.10 Å². The van der Waals surface area contributed by atoms with Gasteiger partial charge in [-0.3, -0.25) is 4.68 Å². The number of aryl methyl sites for hydroxylation is 2. The lowest BCUT2D eigenvalue weighted by Gasteiger charge is -2.35. The number of aromatic nitrogens is 2. The summed E-state index contributed by atoms with van der Waals surface area (Å²) in [5, 5.41) is 8.37. The van der Waals surface area contributed by atoms with Crippen molar-refractivity contribution in [2.75, 3.05) is 6.54 Å². The standard InChI is InChI=1S/C16H28BrN3/c1-5-18-14(16(4)9-7-8-10-16)11-13-15(17)12(3)19-20(13)6-2/h14,18H,5-11H2,1-4H3. The van der Waals surface area contributed by atoms with Crippen LogP contribution in [0.5, 0.6) is 0 Å². The average molecular weight is 342 g/mol. The van der Waals surface area contributed by atoms with Crippen molar-refractivity contribution in [2.45, 2.75) is 72.4 Å². The van der Waals surface area contributed by atoms with Crippen molar-refractivity contribution in [3.05, 3.63) is 15.9 Å². The molecule has 3 nitrogen and oxygen atoms in total. The number of halogens is 1. The third-order valence-electron chi connectivity index (χ3n) is 4.89. The second-order valence-corrected chi connectivity index (χ2v) is 7.13. The molecule has 1 N–H and O–H groups in total. The van der Waals surface area contributed by atoms with Crippen molar-refractivity contribution in [3.63, 3.8) is 0 Å². The number of hydrogen-bond donors (Lipinski definition) is 1. The van der Waals surface area contributed by atoms with Crippen molar-refractivity contribution < 1.29 is 0 Å². The minimum Gasteiger partial charge on any atom is -0.313 e. The van der Waals surface area contributed by atoms with Crippen LogP contribution in [0.15, 0.2) is 4.47 Å². The molecule has 1 saturated carbocycles. The van der Waals surface area contributed by atoms with Crippen molar-refractivity contribution in [2.24, 2.45) is 5.41 Å². The van der Waals surface area contributed by atoms with Crippen LogP contribution in [0.3, 0.4) is 0 Å². The fourth-order valence-corrected chi connectivity index (χ4v) is 4.05. The molecular formula is C16H28BrN3. The van der Waals surface area contributed by atoms with E-state index in [4.69, 9.17) is 0 Å². The number of rotatable bonds is 6. The van der Waals surface area contributed by atoms with Gasteiger partial charge in [0.25, 0.3) is 0 Å². The highest BCUT2D eigenvalue weighted by molar-refractivity contribution is 9.10. The van der Waals surface area contributed by atoms with Crippen LogP contribution in [-0.4, -0.2) is 22.4 Å². The Morgan fingerprint density at radius 2 is 2.00 bits per heavy atom. The molecule has 0 spiro atoms. The first-order valence-corrected chi connectivity index (χ1v) is 8.76. The van der Waals surface area contributed by atoms with Crippen molar-refractivity contribution >= 4 is 15.9 Å². The lowest BCUT2D eigenvalue weighted by molar-refractivity contribution is 0.219. The molecule has 1 aliphatic rings. The summed E-state index contributed by atoms with van der Waals surface area (Å²) in [4.78, 5) is 0. The van der Waals surface area contributed by atoms with Gasteiger partial charge in [0.15, 0.2) is 0 Å². The first kappa shape index (κ1) is 16.0. The molecule has 0 saturated heterocycles. The summed E-state index contributed by atoms with van der Waals surface area (Å²) in [6, 6.07) is 0.549. The van der Waals surface area contributed by atoms with E-state index in [2.05, 4.69) is 58.7 Å². The second-order valence-electron chi connectivity index (χ2n) is 6.34. The third-order valence-corrected chi connectivity index (χ3v) is 5.92. The number of nitrogens with one attached hydrogen (secondary N) is 1. The molecule has 20 heavy (non-hydrogen) atoms. The minimum absolute atomic E-state index is 0.437. The molecule has 4 heteroatoms. The number of likely N-dealkylation sites (N-methyl/N-ethyl adjacent to an activating group) is 1. The normalized spacial score (nSPS) is 19.4. The molecule has 1 aromatic rings. The molecule has 0 aliphatic heterocycles. The van der Waals surface area contributed by atoms with Gasteiger partial charge in [-0.1, -0.05) is 26.7 Å². The van der Waals surface area contributed by atoms with Gasteiger partial charge in [0.2, 0.25) is 0 Å². The molecule has 0 amide bonds. The largest absolute Gasteiger partial charge is 0.313 e. The van der Waals surface area contributed by atoms with E-state index in [1.165, 1.54) is 35.8 Å². The van der Waals surface area contributed by atoms with Crippen LogP contribution in [0.25, 0.3) is 0 Å². The third kappa shape index (κ3) is 3.11. The molecule has 2 rings (SSSR count). The maximum Gasteiger partial charge on any atom is 0.0738 e. The van der Waals surface area contributed by atoms with E-state index in [9.17, 15) is 0 Å². The van der Waals surface area contributed by atoms with E-state index >= 15 is 0 Å². The van der Waals surface area contributed by atoms with Crippen LogP contribution < -0.4 is 5.32 Å². The van der Waals surface area contributed by atoms with Gasteiger partial charge in [-0.25, -0.2) is 0 Å². The molecule has 1 heterocycles. The molecule has 0 aromatic carbocycles. The topological polar surface area (TPSA) is 29.9 Å². The number of hydrogen-bond acceptors (Lipinski definition) is 2. The Bertz CT molecular complexity index is 447. The van der Waals surface area contributed by atoms with Crippen LogP contribution in [-0.2, 0) is 13.0 Å². The fraction of sp³-hybridized carbons (Fsp3) is 0.812. The predicted molar refractivity (Wildman–Crippen MR) is 88.1 cm³/mol. The van der Waals surface area contributed by atoms with Gasteiger partial charge in [0, 0.05) is 19.0 Å². The van der Waals surface area contributed by atoms with Gasteiger partial charge in [0.05, 0.1) is 15.9 Å². The lowest BCUT2D eigenvalue weighted by atomic mass is 9.78. The van der Waals surface area contributed by atoms with Gasteiger partial charge < -0.3 is 5.32 Å². The van der Waals surface area contributed by atoms with E-state index in [0.717, 1.165) is 25.2 Å². The van der Waals surface area contributed by atoms with E-state index in [1.807, 2.05) is 0 Å². The predicted octanol–water partition coefficient (Wildman–Crippen LogP) is 4.07. The highest BCUT2D eigenvalue weighted by atomic mass is 79.9. The van der Waals surface area contributed by atoms with E-state index in [1.54, 1.807) is 0 Å². The van der Waals surface area contributed by atoms with Crippen molar-refractivity contribution in [3.8, 4) is 0 Å². The molecule has 1 atom stereocenters. The molecular weight excluding hydrogens is 314 g/mol. The van der Waals surface area contributed by atoms with Crippen LogP contribution in [0.2, 0.25) is 0 Å². The van der Waals surface area contributed by atoms with E-state index in [0.29, 0.717) is 11.5 Å². The summed E-state index contributed by atoms with van der Waals surface area (Å²) < 4.78 is 3.35. The Balaban J connectivity index is 2.24. The Morgan fingerprint density at radius 1 is 1.35 bits per heavy atom. The SMILES string of the molecule is CCNC(Cc1c(Br)c(C)nn1CC)C1(C)CCCC1. The molecule has 1 aromatic heterocycles. The maximum absolute atomic E-state index is 4.63. The first-order valence-electron chi connectivity index (χ1n) is 7.97. The smallest absolute Gasteiger partial charge is 0.0738 e. The van der Waals surface area contributed by atoms with Crippen LogP contribution in [0.4, 0.5) is 0 Å². The summed E-state index contributed by atoms with van der Waals surface area (Å²) in [6.07, 6.45) is 6.53. The van der Waals surface area contributed by atoms with Gasteiger partial charge in [0.1, 0.15) is 0 Å². The zero-order valence-electron chi connectivity index (χ0n) is 13.3. The summed E-state index contributed by atoms with van der Waals surface area (Å²) in [7, 11) is 0. The van der Waals surface area contributed by atoms with E-state index in [-0.39, 0.29) is 0 Å². The lowest BCUT2D eigenvalue weighted by Crippen LogP contribution is -2.44. The van der Waals surface area contributed by atoms with Crippen molar-refractivity contribution in [1.82, 2.24) is 15.1 Å². The van der Waals surface area contributed by atoms with E-state index < -0.39 is 0 Å². The molecule has 0 radical (unpaired) electrons. The first-order chi connectivity index (χ1) is 9.51. The van der Waals surface area contributed by atoms with Crippen LogP contribution in [0, 0.1) is 12.3 Å². The Hall–Kier alpha value is -0.350. The fourth-order valence-electron chi connectivity index (χ4n) is 3.60. The zero-order chi connectivity index (χ0) is 14.8. The quantitative estimate of drug-likeness (QED) is 0.844. The Labute approximate surface area is 131 Å². The second kappa shape index (κ2) is 6.61. The minimum atomic E-state index is 0.437. The van der Waals surface area contributed by atoms with Crippen LogP contribution >= 0.6 is 15.9 Å². The molecule has 1 unspecified atom stereocenters.